The fourth-order valence-corrected chi connectivity index (χ4v) is 10.9. The van der Waals surface area contributed by atoms with E-state index >= 15 is 0 Å². The van der Waals surface area contributed by atoms with E-state index in [0.717, 1.165) is 32.1 Å². The molecule has 0 aromatic carbocycles. The summed E-state index contributed by atoms with van der Waals surface area (Å²) in [5.74, 6) is 0.430. The Morgan fingerprint density at radius 1 is 1.18 bits per heavy atom. The van der Waals surface area contributed by atoms with Gasteiger partial charge in [-0.1, -0.05) is 25.5 Å². The van der Waals surface area contributed by atoms with Crippen molar-refractivity contribution in [3.05, 3.63) is 47.3 Å². The monoisotopic (exact) mass is 626 g/mol. The lowest BCUT2D eigenvalue weighted by atomic mass is 9.43. The molecule has 4 aliphatic carbocycles. The highest BCUT2D eigenvalue weighted by molar-refractivity contribution is 7.80. The van der Waals surface area contributed by atoms with Gasteiger partial charge in [0.2, 0.25) is 10.4 Å². The molecule has 6 aliphatic rings. The van der Waals surface area contributed by atoms with Gasteiger partial charge in [-0.2, -0.15) is 0 Å². The first kappa shape index (κ1) is 30.2. The summed E-state index contributed by atoms with van der Waals surface area (Å²) in [5, 5.41) is 11.5. The van der Waals surface area contributed by atoms with Crippen LogP contribution in [0.3, 0.4) is 0 Å². The van der Waals surface area contributed by atoms with Crippen molar-refractivity contribution >= 4 is 27.7 Å². The molecule has 0 amide bonds. The highest BCUT2D eigenvalue weighted by atomic mass is 32.3. The van der Waals surface area contributed by atoms with E-state index in [1.54, 1.807) is 19.2 Å². The molecule has 238 valence electrons. The van der Waals surface area contributed by atoms with Crippen LogP contribution in [0, 0.1) is 40.4 Å². The minimum atomic E-state index is -4.92. The SMILES string of the molecule is CC1=C(COS(=O)(=O)[O-])C(=O)OC([C@@H](C)[C@H]2CC[C@H]3C4CC5OC56[C@@H](O)C=C(c5ccccn5)C(=O)[C@]6(C)[C@H]4CC[C@]23C)C1. The van der Waals surface area contributed by atoms with Gasteiger partial charge in [0.25, 0.3) is 0 Å². The molecule has 1 saturated heterocycles. The third-order valence-electron chi connectivity index (χ3n) is 12.8. The molecule has 11 atom stereocenters. The zero-order valence-electron chi connectivity index (χ0n) is 25.5. The molecule has 0 bridgehead atoms. The number of fused-ring (bicyclic) bond motifs is 4. The normalized spacial score (nSPS) is 43.7. The number of carbonyl (C=O) groups is 2. The average molecular weight is 627 g/mol. The van der Waals surface area contributed by atoms with E-state index in [2.05, 4.69) is 23.0 Å². The van der Waals surface area contributed by atoms with E-state index in [0.29, 0.717) is 29.2 Å². The number of aliphatic hydroxyl groups is 1. The van der Waals surface area contributed by atoms with Gasteiger partial charge in [0, 0.05) is 18.2 Å². The second-order valence-corrected chi connectivity index (χ2v) is 15.5. The highest BCUT2D eigenvalue weighted by Gasteiger charge is 2.81. The van der Waals surface area contributed by atoms with Gasteiger partial charge in [0.05, 0.1) is 29.4 Å². The maximum atomic E-state index is 14.4. The van der Waals surface area contributed by atoms with Gasteiger partial charge in [-0.05, 0) is 99.2 Å². The van der Waals surface area contributed by atoms with Crippen LogP contribution in [0.15, 0.2) is 41.6 Å². The standard InChI is InChI=1S/C33H41NO9S/c1-17-13-26(42-30(37)21(17)16-41-44(38,39)40)18(2)22-8-9-23-19-15-28-33(43-28)27(35)14-20(25-7-5-6-12-34-25)29(36)32(33,4)24(19)10-11-31(22,23)3/h5-7,12,14,18-19,22-24,26-28,35H,8-11,13,15-16H2,1-4H3,(H,38,39,40)/p-1/t18-,19?,22+,23-,24-,26?,27-,28?,31+,32-,33?/m0/s1. The summed E-state index contributed by atoms with van der Waals surface area (Å²) in [4.78, 5) is 31.8. The van der Waals surface area contributed by atoms with Crippen LogP contribution in [0.2, 0.25) is 0 Å². The molecule has 4 unspecified atom stereocenters. The molecule has 7 rings (SSSR count). The molecular formula is C33H40NO9S-. The van der Waals surface area contributed by atoms with Crippen molar-refractivity contribution in [3.63, 3.8) is 0 Å². The van der Waals surface area contributed by atoms with Crippen LogP contribution in [-0.2, 0) is 33.6 Å². The zero-order chi connectivity index (χ0) is 31.4. The molecule has 2 aliphatic heterocycles. The van der Waals surface area contributed by atoms with E-state index in [4.69, 9.17) is 9.47 Å². The number of Topliss-reactive ketones (excluding diaryl/α,β-unsaturated/α-hetero) is 1. The van der Waals surface area contributed by atoms with Gasteiger partial charge in [-0.25, -0.2) is 13.2 Å². The number of hydrogen-bond donors (Lipinski definition) is 1. The highest BCUT2D eigenvalue weighted by Crippen LogP contribution is 2.73. The Kier molecular flexibility index (Phi) is 6.89. The molecule has 3 saturated carbocycles. The number of pyridine rings is 1. The molecule has 10 nitrogen and oxygen atoms in total. The molecule has 1 N–H and O–H groups in total. The van der Waals surface area contributed by atoms with Gasteiger partial charge in [0.15, 0.2) is 5.78 Å². The van der Waals surface area contributed by atoms with Crippen molar-refractivity contribution in [1.29, 1.82) is 0 Å². The number of cyclic esters (lactones) is 1. The van der Waals surface area contributed by atoms with Crippen LogP contribution >= 0.6 is 0 Å². The number of ketones is 1. The number of rotatable bonds is 6. The zero-order valence-corrected chi connectivity index (χ0v) is 26.3. The lowest BCUT2D eigenvalue weighted by Gasteiger charge is -2.58. The molecule has 1 aromatic rings. The number of hydrogen-bond acceptors (Lipinski definition) is 10. The number of carbonyl (C=O) groups excluding carboxylic acids is 2. The van der Waals surface area contributed by atoms with Gasteiger partial charge in [0.1, 0.15) is 17.8 Å². The van der Waals surface area contributed by atoms with Gasteiger partial charge < -0.3 is 19.1 Å². The number of allylic oxidation sites excluding steroid dienone is 1. The molecule has 3 heterocycles. The molecule has 0 radical (unpaired) electrons. The van der Waals surface area contributed by atoms with Gasteiger partial charge in [-0.15, -0.1) is 0 Å². The Hall–Kier alpha value is -2.44. The Morgan fingerprint density at radius 2 is 1.95 bits per heavy atom. The Labute approximate surface area is 258 Å². The minimum absolute atomic E-state index is 0.0196. The fourth-order valence-electron chi connectivity index (χ4n) is 10.6. The van der Waals surface area contributed by atoms with Gasteiger partial charge >= 0.3 is 5.97 Å². The Balaban J connectivity index is 1.13. The summed E-state index contributed by atoms with van der Waals surface area (Å²) in [5.41, 5.74) is 0.0698. The fraction of sp³-hybridized carbons (Fsp3) is 0.667. The second kappa shape index (κ2) is 10.0. The van der Waals surface area contributed by atoms with E-state index < -0.39 is 40.1 Å². The first-order chi connectivity index (χ1) is 20.7. The van der Waals surface area contributed by atoms with Crippen molar-refractivity contribution in [3.8, 4) is 0 Å². The smallest absolute Gasteiger partial charge is 0.336 e. The summed E-state index contributed by atoms with van der Waals surface area (Å²) < 4.78 is 49.4. The number of ether oxygens (including phenoxy) is 2. The lowest BCUT2D eigenvalue weighted by molar-refractivity contribution is -0.155. The van der Waals surface area contributed by atoms with Crippen LogP contribution in [0.25, 0.3) is 5.57 Å². The summed E-state index contributed by atoms with van der Waals surface area (Å²) in [7, 11) is -4.92. The van der Waals surface area contributed by atoms with Crippen LogP contribution in [-0.4, -0.2) is 65.3 Å². The largest absolute Gasteiger partial charge is 0.726 e. The van der Waals surface area contributed by atoms with E-state index in [1.807, 2.05) is 25.1 Å². The van der Waals surface area contributed by atoms with Crippen molar-refractivity contribution in [2.75, 3.05) is 6.61 Å². The number of epoxide rings is 1. The van der Waals surface area contributed by atoms with Crippen LogP contribution < -0.4 is 0 Å². The molecule has 1 aromatic heterocycles. The predicted molar refractivity (Wildman–Crippen MR) is 156 cm³/mol. The van der Waals surface area contributed by atoms with E-state index in [-0.39, 0.29) is 52.7 Å². The third-order valence-corrected chi connectivity index (χ3v) is 13.2. The summed E-state index contributed by atoms with van der Waals surface area (Å²) in [6.45, 7) is 7.68. The van der Waals surface area contributed by atoms with E-state index in [1.165, 1.54) is 0 Å². The maximum absolute atomic E-state index is 14.4. The van der Waals surface area contributed by atoms with E-state index in [9.17, 15) is 27.7 Å². The van der Waals surface area contributed by atoms with Crippen LogP contribution in [0.4, 0.5) is 0 Å². The quantitative estimate of drug-likeness (QED) is 0.214. The average Bonchev–Trinajstić information content (AvgIpc) is 3.61. The number of aromatic nitrogens is 1. The van der Waals surface area contributed by atoms with Crippen molar-refractivity contribution < 1.29 is 41.3 Å². The first-order valence-corrected chi connectivity index (χ1v) is 17.1. The third kappa shape index (κ3) is 4.18. The van der Waals surface area contributed by atoms with Gasteiger partial charge in [-0.3, -0.25) is 14.0 Å². The number of aliphatic hydroxyl groups excluding tert-OH is 1. The molecular weight excluding hydrogens is 586 g/mol. The summed E-state index contributed by atoms with van der Waals surface area (Å²) in [6.07, 6.45) is 6.96. The predicted octanol–water partition coefficient (Wildman–Crippen LogP) is 3.76. The van der Waals surface area contributed by atoms with Crippen molar-refractivity contribution in [2.45, 2.75) is 90.1 Å². The lowest BCUT2D eigenvalue weighted by Crippen LogP contribution is -2.64. The van der Waals surface area contributed by atoms with Crippen molar-refractivity contribution in [1.82, 2.24) is 4.98 Å². The minimum Gasteiger partial charge on any atom is -0.726 e. The van der Waals surface area contributed by atoms with Crippen molar-refractivity contribution in [2.24, 2.45) is 40.4 Å². The first-order valence-electron chi connectivity index (χ1n) is 15.8. The molecule has 4 fully saturated rings. The maximum Gasteiger partial charge on any atom is 0.336 e. The number of esters is 1. The molecule has 11 heteroatoms. The second-order valence-electron chi connectivity index (χ2n) is 14.4. The number of nitrogens with zero attached hydrogens (tertiary/aromatic N) is 1. The van der Waals surface area contributed by atoms with Crippen LogP contribution in [0.1, 0.15) is 71.9 Å². The molecule has 44 heavy (non-hydrogen) atoms. The topological polar surface area (TPSA) is 155 Å². The summed E-state index contributed by atoms with van der Waals surface area (Å²) >= 11 is 0. The summed E-state index contributed by atoms with van der Waals surface area (Å²) in [6, 6.07) is 5.49. The van der Waals surface area contributed by atoms with Crippen LogP contribution in [0.5, 0.6) is 0 Å². The molecule has 1 spiro atoms. The Bertz CT molecular complexity index is 1570. The Morgan fingerprint density at radius 3 is 2.64 bits per heavy atom.